The second-order valence-electron chi connectivity index (χ2n) is 3.65. The molecule has 7 heteroatoms. The molecule has 0 saturated carbocycles. The Bertz CT molecular complexity index is 364. The van der Waals surface area contributed by atoms with E-state index in [9.17, 15) is 4.79 Å². The number of ketones is 1. The SMILES string of the molecule is Cn1nnc(CC(=O)C2COCC2N)n1. The fraction of sp³-hybridized carbons (Fsp3) is 0.750. The predicted molar refractivity (Wildman–Crippen MR) is 49.8 cm³/mol. The van der Waals surface area contributed by atoms with Gasteiger partial charge in [-0.2, -0.15) is 4.80 Å². The molecule has 2 unspecified atom stereocenters. The van der Waals surface area contributed by atoms with Crippen molar-refractivity contribution in [2.24, 2.45) is 18.7 Å². The highest BCUT2D eigenvalue weighted by molar-refractivity contribution is 5.83. The van der Waals surface area contributed by atoms with Gasteiger partial charge in [0.15, 0.2) is 5.82 Å². The highest BCUT2D eigenvalue weighted by Gasteiger charge is 2.31. The van der Waals surface area contributed by atoms with Gasteiger partial charge in [0.25, 0.3) is 0 Å². The summed E-state index contributed by atoms with van der Waals surface area (Å²) in [6.45, 7) is 0.852. The zero-order valence-corrected chi connectivity index (χ0v) is 8.46. The second-order valence-corrected chi connectivity index (χ2v) is 3.65. The number of rotatable bonds is 3. The van der Waals surface area contributed by atoms with Crippen molar-refractivity contribution in [2.75, 3.05) is 13.2 Å². The number of ether oxygens (including phenoxy) is 1. The molecular formula is C8H13N5O2. The monoisotopic (exact) mass is 211 g/mol. The van der Waals surface area contributed by atoms with Crippen LogP contribution in [0.3, 0.4) is 0 Å². The Labute approximate surface area is 86.6 Å². The van der Waals surface area contributed by atoms with Crippen molar-refractivity contribution in [3.63, 3.8) is 0 Å². The molecule has 1 aliphatic rings. The van der Waals surface area contributed by atoms with Gasteiger partial charge in [-0.15, -0.1) is 10.2 Å². The number of hydrogen-bond acceptors (Lipinski definition) is 6. The standard InChI is InChI=1S/C8H13N5O2/c1-13-11-8(10-12-13)2-7(14)5-3-15-4-6(5)9/h5-6H,2-4,9H2,1H3. The van der Waals surface area contributed by atoms with Crippen LogP contribution in [-0.4, -0.2) is 45.2 Å². The Morgan fingerprint density at radius 2 is 2.47 bits per heavy atom. The van der Waals surface area contributed by atoms with Gasteiger partial charge in [0.2, 0.25) is 0 Å². The number of aryl methyl sites for hydroxylation is 1. The van der Waals surface area contributed by atoms with Gasteiger partial charge in [0, 0.05) is 6.04 Å². The third kappa shape index (κ3) is 2.18. The Hall–Kier alpha value is -1.34. The first-order chi connectivity index (χ1) is 7.16. The number of tetrazole rings is 1. The van der Waals surface area contributed by atoms with Crippen molar-refractivity contribution < 1.29 is 9.53 Å². The van der Waals surface area contributed by atoms with Crippen LogP contribution in [0.15, 0.2) is 0 Å². The van der Waals surface area contributed by atoms with Crippen LogP contribution >= 0.6 is 0 Å². The average Bonchev–Trinajstić information content (AvgIpc) is 2.75. The van der Waals surface area contributed by atoms with Crippen LogP contribution in [0.5, 0.6) is 0 Å². The third-order valence-corrected chi connectivity index (χ3v) is 2.42. The van der Waals surface area contributed by atoms with Gasteiger partial charge in [-0.3, -0.25) is 4.79 Å². The maximum atomic E-state index is 11.8. The molecule has 1 aromatic rings. The van der Waals surface area contributed by atoms with Crippen LogP contribution in [0.4, 0.5) is 0 Å². The number of nitrogens with two attached hydrogens (primary N) is 1. The molecule has 0 aliphatic carbocycles. The fourth-order valence-corrected chi connectivity index (χ4v) is 1.58. The number of hydrogen-bond donors (Lipinski definition) is 1. The Kier molecular flexibility index (Phi) is 2.74. The molecular weight excluding hydrogens is 198 g/mol. The molecule has 1 aliphatic heterocycles. The van der Waals surface area contributed by atoms with E-state index in [1.807, 2.05) is 0 Å². The molecule has 1 aromatic heterocycles. The first kappa shape index (κ1) is 10.2. The predicted octanol–water partition coefficient (Wildman–Crippen LogP) is -1.70. The average molecular weight is 211 g/mol. The Balaban J connectivity index is 1.97. The van der Waals surface area contributed by atoms with Crippen molar-refractivity contribution >= 4 is 5.78 Å². The van der Waals surface area contributed by atoms with E-state index in [1.54, 1.807) is 7.05 Å². The van der Waals surface area contributed by atoms with E-state index in [0.29, 0.717) is 19.0 Å². The lowest BCUT2D eigenvalue weighted by Gasteiger charge is -2.09. The molecule has 7 nitrogen and oxygen atoms in total. The lowest BCUT2D eigenvalue weighted by atomic mass is 9.97. The van der Waals surface area contributed by atoms with Crippen molar-refractivity contribution in [1.29, 1.82) is 0 Å². The van der Waals surface area contributed by atoms with E-state index in [2.05, 4.69) is 15.4 Å². The van der Waals surface area contributed by atoms with Crippen molar-refractivity contribution in [3.8, 4) is 0 Å². The number of nitrogens with zero attached hydrogens (tertiary/aromatic N) is 4. The topological polar surface area (TPSA) is 95.9 Å². The smallest absolute Gasteiger partial charge is 0.182 e. The summed E-state index contributed by atoms with van der Waals surface area (Å²) in [6.07, 6.45) is 0.176. The summed E-state index contributed by atoms with van der Waals surface area (Å²) in [5.41, 5.74) is 5.73. The first-order valence-corrected chi connectivity index (χ1v) is 4.75. The minimum Gasteiger partial charge on any atom is -0.379 e. The summed E-state index contributed by atoms with van der Waals surface area (Å²) in [5, 5.41) is 11.3. The largest absolute Gasteiger partial charge is 0.379 e. The summed E-state index contributed by atoms with van der Waals surface area (Å²) < 4.78 is 5.13. The van der Waals surface area contributed by atoms with E-state index < -0.39 is 0 Å². The van der Waals surface area contributed by atoms with E-state index in [-0.39, 0.29) is 24.2 Å². The number of carbonyl (C=O) groups excluding carboxylic acids is 1. The van der Waals surface area contributed by atoms with Crippen molar-refractivity contribution in [3.05, 3.63) is 5.82 Å². The van der Waals surface area contributed by atoms with E-state index in [1.165, 1.54) is 4.80 Å². The number of carbonyl (C=O) groups is 1. The maximum Gasteiger partial charge on any atom is 0.182 e. The van der Waals surface area contributed by atoms with Gasteiger partial charge < -0.3 is 10.5 Å². The molecule has 2 rings (SSSR count). The first-order valence-electron chi connectivity index (χ1n) is 4.75. The van der Waals surface area contributed by atoms with Crippen molar-refractivity contribution in [1.82, 2.24) is 20.2 Å². The highest BCUT2D eigenvalue weighted by atomic mass is 16.5. The van der Waals surface area contributed by atoms with Crippen LogP contribution in [0.1, 0.15) is 5.82 Å². The molecule has 0 bridgehead atoms. The molecule has 15 heavy (non-hydrogen) atoms. The van der Waals surface area contributed by atoms with Crippen LogP contribution in [0.25, 0.3) is 0 Å². The molecule has 1 fully saturated rings. The minimum atomic E-state index is -0.228. The minimum absolute atomic E-state index is 0.0213. The van der Waals surface area contributed by atoms with Gasteiger partial charge >= 0.3 is 0 Å². The molecule has 2 heterocycles. The molecule has 0 radical (unpaired) electrons. The lowest BCUT2D eigenvalue weighted by Crippen LogP contribution is -2.35. The normalized spacial score (nSPS) is 25.7. The third-order valence-electron chi connectivity index (χ3n) is 2.42. The van der Waals surface area contributed by atoms with Gasteiger partial charge in [-0.05, 0) is 5.21 Å². The molecule has 0 amide bonds. The van der Waals surface area contributed by atoms with E-state index in [4.69, 9.17) is 10.5 Å². The quantitative estimate of drug-likeness (QED) is 0.640. The molecule has 82 valence electrons. The van der Waals surface area contributed by atoms with Crippen LogP contribution in [0.2, 0.25) is 0 Å². The van der Waals surface area contributed by atoms with E-state index in [0.717, 1.165) is 0 Å². The lowest BCUT2D eigenvalue weighted by molar-refractivity contribution is -0.122. The molecule has 2 atom stereocenters. The zero-order chi connectivity index (χ0) is 10.8. The van der Waals surface area contributed by atoms with Crippen LogP contribution in [-0.2, 0) is 23.0 Å². The number of Topliss-reactive ketones (excluding diaryl/α,β-unsaturated/α-hetero) is 1. The molecule has 0 spiro atoms. The second kappa shape index (κ2) is 4.03. The van der Waals surface area contributed by atoms with Crippen LogP contribution in [0, 0.1) is 5.92 Å². The van der Waals surface area contributed by atoms with Gasteiger partial charge in [0.05, 0.1) is 32.6 Å². The molecule has 1 saturated heterocycles. The van der Waals surface area contributed by atoms with Crippen LogP contribution < -0.4 is 5.73 Å². The van der Waals surface area contributed by atoms with Gasteiger partial charge in [0.1, 0.15) is 5.78 Å². The van der Waals surface area contributed by atoms with Crippen molar-refractivity contribution in [2.45, 2.75) is 12.5 Å². The Morgan fingerprint density at radius 3 is 3.00 bits per heavy atom. The summed E-state index contributed by atoms with van der Waals surface area (Å²) in [6, 6.07) is -0.200. The molecule has 0 aromatic carbocycles. The number of aromatic nitrogens is 4. The molecule has 2 N–H and O–H groups in total. The summed E-state index contributed by atoms with van der Waals surface area (Å²) in [4.78, 5) is 13.1. The Morgan fingerprint density at radius 1 is 1.67 bits per heavy atom. The van der Waals surface area contributed by atoms with Gasteiger partial charge in [-0.1, -0.05) is 0 Å². The summed E-state index contributed by atoms with van der Waals surface area (Å²) >= 11 is 0. The summed E-state index contributed by atoms with van der Waals surface area (Å²) in [5.74, 6) is 0.225. The fourth-order valence-electron chi connectivity index (χ4n) is 1.58. The zero-order valence-electron chi connectivity index (χ0n) is 8.46. The van der Waals surface area contributed by atoms with Gasteiger partial charge in [-0.25, -0.2) is 0 Å². The maximum absolute atomic E-state index is 11.8. The van der Waals surface area contributed by atoms with E-state index >= 15 is 0 Å². The summed E-state index contributed by atoms with van der Waals surface area (Å²) in [7, 11) is 1.66. The highest BCUT2D eigenvalue weighted by Crippen LogP contribution is 2.14.